The third kappa shape index (κ3) is 2.66. The summed E-state index contributed by atoms with van der Waals surface area (Å²) >= 11 is 0. The lowest BCUT2D eigenvalue weighted by Crippen LogP contribution is -2.19. The Bertz CT molecular complexity index is 788. The zero-order valence-corrected chi connectivity index (χ0v) is 12.4. The summed E-state index contributed by atoms with van der Waals surface area (Å²) in [5.74, 6) is -0.533. The van der Waals surface area contributed by atoms with Gasteiger partial charge in [0, 0.05) is 11.5 Å². The lowest BCUT2D eigenvalue weighted by molar-refractivity contribution is 0.0717. The van der Waals surface area contributed by atoms with Gasteiger partial charge in [-0.15, -0.1) is 0 Å². The Morgan fingerprint density at radius 1 is 0.864 bits per heavy atom. The summed E-state index contributed by atoms with van der Waals surface area (Å²) < 4.78 is 0. The molecule has 0 amide bonds. The highest BCUT2D eigenvalue weighted by Gasteiger charge is 2.25. The van der Waals surface area contributed by atoms with Crippen molar-refractivity contribution in [2.24, 2.45) is 5.92 Å². The monoisotopic (exact) mass is 290 g/mol. The fourth-order valence-electron chi connectivity index (χ4n) is 2.79. The molecule has 0 bridgehead atoms. The summed E-state index contributed by atoms with van der Waals surface area (Å²) in [6, 6.07) is 22.8. The van der Waals surface area contributed by atoms with Gasteiger partial charge in [-0.2, -0.15) is 0 Å². The first kappa shape index (κ1) is 14.5. The predicted octanol–water partition coefficient (Wildman–Crippen LogP) is 4.39. The average molecular weight is 290 g/mol. The second kappa shape index (κ2) is 6.12. The minimum absolute atomic E-state index is 0.0407. The second-order valence-corrected chi connectivity index (χ2v) is 5.53. The van der Waals surface area contributed by atoms with E-state index in [9.17, 15) is 9.90 Å². The van der Waals surface area contributed by atoms with Crippen LogP contribution in [-0.2, 0) is 0 Å². The van der Waals surface area contributed by atoms with Gasteiger partial charge in [0.2, 0.25) is 0 Å². The molecule has 2 atom stereocenters. The Labute approximate surface area is 130 Å². The molecule has 0 saturated heterocycles. The van der Waals surface area contributed by atoms with Gasteiger partial charge in [-0.05, 0) is 16.3 Å². The number of rotatable bonds is 4. The third-order valence-electron chi connectivity index (χ3n) is 4.09. The van der Waals surface area contributed by atoms with Crippen LogP contribution in [-0.4, -0.2) is 10.9 Å². The van der Waals surface area contributed by atoms with E-state index in [-0.39, 0.29) is 5.78 Å². The van der Waals surface area contributed by atoms with Gasteiger partial charge >= 0.3 is 0 Å². The normalized spacial score (nSPS) is 13.7. The van der Waals surface area contributed by atoms with Gasteiger partial charge < -0.3 is 5.11 Å². The molecule has 0 aliphatic carbocycles. The molecule has 0 radical (unpaired) electrons. The van der Waals surface area contributed by atoms with E-state index < -0.39 is 12.0 Å². The molecule has 22 heavy (non-hydrogen) atoms. The summed E-state index contributed by atoms with van der Waals surface area (Å²) in [6.45, 7) is 1.78. The number of fused-ring (bicyclic) bond motifs is 1. The molecule has 0 heterocycles. The zero-order valence-electron chi connectivity index (χ0n) is 12.4. The third-order valence-corrected chi connectivity index (χ3v) is 4.09. The molecule has 3 aromatic rings. The molecule has 2 heteroatoms. The van der Waals surface area contributed by atoms with Crippen LogP contribution < -0.4 is 0 Å². The van der Waals surface area contributed by atoms with Crippen molar-refractivity contribution in [3.05, 3.63) is 83.9 Å². The van der Waals surface area contributed by atoms with Crippen LogP contribution in [0.3, 0.4) is 0 Å². The van der Waals surface area contributed by atoms with Crippen LogP contribution in [0.2, 0.25) is 0 Å². The van der Waals surface area contributed by atoms with Gasteiger partial charge in [0.05, 0.1) is 6.10 Å². The molecule has 0 spiro atoms. The average Bonchev–Trinajstić information content (AvgIpc) is 2.60. The van der Waals surface area contributed by atoms with Gasteiger partial charge in [-0.1, -0.05) is 79.7 Å². The van der Waals surface area contributed by atoms with E-state index in [0.717, 1.165) is 16.3 Å². The fraction of sp³-hybridized carbons (Fsp3) is 0.150. The summed E-state index contributed by atoms with van der Waals surface area (Å²) in [5.41, 5.74) is 1.43. The number of carbonyl (C=O) groups is 1. The SMILES string of the molecule is C[C@@H](C(=O)c1ccccc1)[C@@H](O)c1cccc2ccccc12. The topological polar surface area (TPSA) is 37.3 Å². The van der Waals surface area contributed by atoms with Crippen molar-refractivity contribution in [2.75, 3.05) is 0 Å². The number of hydrogen-bond acceptors (Lipinski definition) is 2. The minimum Gasteiger partial charge on any atom is -0.388 e. The van der Waals surface area contributed by atoms with Crippen LogP contribution in [0.4, 0.5) is 0 Å². The summed E-state index contributed by atoms with van der Waals surface area (Å²) in [5, 5.41) is 12.8. The van der Waals surface area contributed by atoms with Gasteiger partial charge in [0.1, 0.15) is 0 Å². The van der Waals surface area contributed by atoms with E-state index in [0.29, 0.717) is 5.56 Å². The lowest BCUT2D eigenvalue weighted by atomic mass is 9.88. The van der Waals surface area contributed by atoms with Crippen molar-refractivity contribution in [1.82, 2.24) is 0 Å². The number of benzene rings is 3. The zero-order chi connectivity index (χ0) is 15.5. The first-order valence-electron chi connectivity index (χ1n) is 7.43. The molecule has 3 rings (SSSR count). The molecular formula is C20H18O2. The Morgan fingerprint density at radius 2 is 1.50 bits per heavy atom. The summed E-state index contributed by atoms with van der Waals surface area (Å²) in [7, 11) is 0. The van der Waals surface area contributed by atoms with Crippen LogP contribution >= 0.6 is 0 Å². The van der Waals surface area contributed by atoms with Crippen LogP contribution in [0.1, 0.15) is 28.9 Å². The summed E-state index contributed by atoms with van der Waals surface area (Å²) in [6.07, 6.45) is -0.821. The largest absolute Gasteiger partial charge is 0.388 e. The van der Waals surface area contributed by atoms with E-state index in [1.807, 2.05) is 60.7 Å². The number of ketones is 1. The first-order valence-corrected chi connectivity index (χ1v) is 7.43. The molecule has 2 nitrogen and oxygen atoms in total. The van der Waals surface area contributed by atoms with Crippen molar-refractivity contribution >= 4 is 16.6 Å². The Balaban J connectivity index is 1.95. The molecule has 0 aliphatic heterocycles. The molecule has 110 valence electrons. The maximum absolute atomic E-state index is 12.5. The highest BCUT2D eigenvalue weighted by molar-refractivity contribution is 5.98. The molecule has 0 unspecified atom stereocenters. The van der Waals surface area contributed by atoms with Gasteiger partial charge in [-0.25, -0.2) is 0 Å². The van der Waals surface area contributed by atoms with E-state index in [4.69, 9.17) is 0 Å². The molecule has 0 fully saturated rings. The Hall–Kier alpha value is -2.45. The minimum atomic E-state index is -0.821. The number of carbonyl (C=O) groups excluding carboxylic acids is 1. The van der Waals surface area contributed by atoms with Crippen molar-refractivity contribution in [1.29, 1.82) is 0 Å². The molecular weight excluding hydrogens is 272 g/mol. The predicted molar refractivity (Wildman–Crippen MR) is 88.8 cm³/mol. The van der Waals surface area contributed by atoms with Crippen molar-refractivity contribution < 1.29 is 9.90 Å². The molecule has 3 aromatic carbocycles. The number of aliphatic hydroxyl groups excluding tert-OH is 1. The summed E-state index contributed by atoms with van der Waals surface area (Å²) in [4.78, 5) is 12.5. The Morgan fingerprint density at radius 3 is 2.27 bits per heavy atom. The standard InChI is InChI=1S/C20H18O2/c1-14(19(21)16-9-3-2-4-10-16)20(22)18-13-7-11-15-8-5-6-12-17(15)18/h2-14,20,22H,1H3/t14-,20+/m0/s1. The lowest BCUT2D eigenvalue weighted by Gasteiger charge is -2.20. The smallest absolute Gasteiger partial charge is 0.168 e. The van der Waals surface area contributed by atoms with E-state index in [1.165, 1.54) is 0 Å². The van der Waals surface area contributed by atoms with Crippen LogP contribution in [0.25, 0.3) is 10.8 Å². The van der Waals surface area contributed by atoms with Crippen LogP contribution in [0.15, 0.2) is 72.8 Å². The van der Waals surface area contributed by atoms with Crippen molar-refractivity contribution in [3.63, 3.8) is 0 Å². The highest BCUT2D eigenvalue weighted by atomic mass is 16.3. The second-order valence-electron chi connectivity index (χ2n) is 5.53. The van der Waals surface area contributed by atoms with E-state index in [1.54, 1.807) is 19.1 Å². The van der Waals surface area contributed by atoms with E-state index in [2.05, 4.69) is 0 Å². The number of Topliss-reactive ketones (excluding diaryl/α,β-unsaturated/α-hetero) is 1. The molecule has 0 aromatic heterocycles. The fourth-order valence-corrected chi connectivity index (χ4v) is 2.79. The number of hydrogen-bond donors (Lipinski definition) is 1. The highest BCUT2D eigenvalue weighted by Crippen LogP contribution is 2.30. The molecule has 1 N–H and O–H groups in total. The van der Waals surface area contributed by atoms with Crippen molar-refractivity contribution in [2.45, 2.75) is 13.0 Å². The van der Waals surface area contributed by atoms with Gasteiger partial charge in [-0.3, -0.25) is 4.79 Å². The first-order chi connectivity index (χ1) is 10.7. The van der Waals surface area contributed by atoms with Crippen molar-refractivity contribution in [3.8, 4) is 0 Å². The molecule has 0 saturated carbocycles. The van der Waals surface area contributed by atoms with Gasteiger partial charge in [0.15, 0.2) is 5.78 Å². The maximum atomic E-state index is 12.5. The Kier molecular flexibility index (Phi) is 4.03. The quantitative estimate of drug-likeness (QED) is 0.723. The van der Waals surface area contributed by atoms with Gasteiger partial charge in [0.25, 0.3) is 0 Å². The van der Waals surface area contributed by atoms with E-state index >= 15 is 0 Å². The molecule has 0 aliphatic rings. The van der Waals surface area contributed by atoms with Crippen LogP contribution in [0, 0.1) is 5.92 Å². The maximum Gasteiger partial charge on any atom is 0.168 e. The van der Waals surface area contributed by atoms with Crippen LogP contribution in [0.5, 0.6) is 0 Å². The number of aliphatic hydroxyl groups is 1.